The fourth-order valence-electron chi connectivity index (χ4n) is 4.98. The molecule has 0 aromatic heterocycles. The van der Waals surface area contributed by atoms with Crippen LogP contribution in [0, 0.1) is 18.3 Å². The number of rotatable bonds is 3. The second kappa shape index (κ2) is 4.57. The highest BCUT2D eigenvalue weighted by atomic mass is 16.6. The van der Waals surface area contributed by atoms with Crippen LogP contribution in [-0.4, -0.2) is 17.8 Å². The maximum Gasteiger partial charge on any atom is 0.0922 e. The number of aryl methyl sites for hydroxylation is 1. The average Bonchev–Trinajstić information content (AvgIpc) is 2.65. The first-order chi connectivity index (χ1) is 10.0. The molecular formula is C19H26O2. The van der Waals surface area contributed by atoms with Gasteiger partial charge in [0.15, 0.2) is 0 Å². The predicted molar refractivity (Wildman–Crippen MR) is 83.1 cm³/mol. The highest BCUT2D eigenvalue weighted by Gasteiger charge is 2.63. The lowest BCUT2D eigenvalue weighted by atomic mass is 9.60. The van der Waals surface area contributed by atoms with Gasteiger partial charge in [0.05, 0.1) is 24.4 Å². The Morgan fingerprint density at radius 2 is 2.00 bits per heavy atom. The van der Waals surface area contributed by atoms with Crippen molar-refractivity contribution >= 4 is 0 Å². The van der Waals surface area contributed by atoms with Gasteiger partial charge in [-0.2, -0.15) is 0 Å². The lowest BCUT2D eigenvalue weighted by molar-refractivity contribution is -0.280. The highest BCUT2D eigenvalue weighted by molar-refractivity contribution is 5.25. The molecule has 2 heteroatoms. The lowest BCUT2D eigenvalue weighted by Crippen LogP contribution is -2.63. The van der Waals surface area contributed by atoms with Crippen LogP contribution < -0.4 is 0 Å². The molecule has 1 aromatic carbocycles. The van der Waals surface area contributed by atoms with Gasteiger partial charge in [0, 0.05) is 0 Å². The van der Waals surface area contributed by atoms with Crippen molar-refractivity contribution < 1.29 is 9.47 Å². The van der Waals surface area contributed by atoms with Crippen molar-refractivity contribution in [3.63, 3.8) is 0 Å². The number of hydrogen-bond acceptors (Lipinski definition) is 2. The Kier molecular flexibility index (Phi) is 3.00. The largest absolute Gasteiger partial charge is 0.371 e. The van der Waals surface area contributed by atoms with Gasteiger partial charge in [-0.05, 0) is 62.0 Å². The zero-order chi connectivity index (χ0) is 14.7. The van der Waals surface area contributed by atoms with Crippen molar-refractivity contribution in [1.29, 1.82) is 0 Å². The molecule has 2 aliphatic carbocycles. The molecule has 2 heterocycles. The lowest BCUT2D eigenvalue weighted by Gasteiger charge is -2.58. The van der Waals surface area contributed by atoms with E-state index in [0.29, 0.717) is 18.1 Å². The van der Waals surface area contributed by atoms with Crippen LogP contribution in [-0.2, 0) is 16.1 Å². The van der Waals surface area contributed by atoms with Gasteiger partial charge in [0.2, 0.25) is 0 Å². The van der Waals surface area contributed by atoms with Crippen LogP contribution in [0.15, 0.2) is 24.3 Å². The molecule has 0 amide bonds. The third kappa shape index (κ3) is 1.99. The van der Waals surface area contributed by atoms with Gasteiger partial charge in [-0.3, -0.25) is 0 Å². The van der Waals surface area contributed by atoms with Gasteiger partial charge in [0.1, 0.15) is 0 Å². The van der Waals surface area contributed by atoms with E-state index in [-0.39, 0.29) is 11.7 Å². The summed E-state index contributed by atoms with van der Waals surface area (Å²) >= 11 is 0. The number of benzene rings is 1. The van der Waals surface area contributed by atoms with Crippen LogP contribution in [0.1, 0.15) is 50.7 Å². The van der Waals surface area contributed by atoms with Gasteiger partial charge in [-0.15, -0.1) is 0 Å². The normalized spacial score (nSPS) is 44.2. The predicted octanol–water partition coefficient (Wildman–Crippen LogP) is 4.25. The summed E-state index contributed by atoms with van der Waals surface area (Å²) in [4.78, 5) is 0. The van der Waals surface area contributed by atoms with Crippen LogP contribution in [0.5, 0.6) is 0 Å². The molecule has 2 aliphatic heterocycles. The topological polar surface area (TPSA) is 18.5 Å². The van der Waals surface area contributed by atoms with Gasteiger partial charge >= 0.3 is 0 Å². The fraction of sp³-hybridized carbons (Fsp3) is 0.684. The molecule has 1 aromatic rings. The van der Waals surface area contributed by atoms with Crippen LogP contribution >= 0.6 is 0 Å². The van der Waals surface area contributed by atoms with E-state index >= 15 is 0 Å². The zero-order valence-corrected chi connectivity index (χ0v) is 13.4. The van der Waals surface area contributed by atoms with Crippen molar-refractivity contribution in [1.82, 2.24) is 0 Å². The molecule has 4 bridgehead atoms. The van der Waals surface area contributed by atoms with E-state index in [1.165, 1.54) is 36.8 Å². The van der Waals surface area contributed by atoms with E-state index in [4.69, 9.17) is 9.47 Å². The van der Waals surface area contributed by atoms with Crippen molar-refractivity contribution in [2.45, 2.75) is 70.9 Å². The molecule has 21 heavy (non-hydrogen) atoms. The number of ether oxygens (including phenoxy) is 2. The van der Waals surface area contributed by atoms with E-state index < -0.39 is 0 Å². The summed E-state index contributed by atoms with van der Waals surface area (Å²) in [6.45, 7) is 7.57. The van der Waals surface area contributed by atoms with Gasteiger partial charge in [-0.1, -0.05) is 31.2 Å². The third-order valence-electron chi connectivity index (χ3n) is 6.52. The van der Waals surface area contributed by atoms with E-state index in [0.717, 1.165) is 5.92 Å². The molecule has 0 unspecified atom stereocenters. The molecular weight excluding hydrogens is 260 g/mol. The van der Waals surface area contributed by atoms with Crippen LogP contribution in [0.3, 0.4) is 0 Å². The van der Waals surface area contributed by atoms with Crippen LogP contribution in [0.4, 0.5) is 0 Å². The molecule has 0 spiro atoms. The second-order valence-corrected chi connectivity index (χ2v) is 7.83. The summed E-state index contributed by atoms with van der Waals surface area (Å²) in [6.07, 6.45) is 5.67. The molecule has 5 atom stereocenters. The highest BCUT2D eigenvalue weighted by Crippen LogP contribution is 2.62. The van der Waals surface area contributed by atoms with E-state index in [2.05, 4.69) is 45.0 Å². The van der Waals surface area contributed by atoms with Crippen molar-refractivity contribution in [2.24, 2.45) is 11.3 Å². The number of fused-ring (bicyclic) bond motifs is 1. The summed E-state index contributed by atoms with van der Waals surface area (Å²) in [5.41, 5.74) is 2.91. The minimum atomic E-state index is -0.0632. The molecule has 2 saturated heterocycles. The Balaban J connectivity index is 1.51. The summed E-state index contributed by atoms with van der Waals surface area (Å²) in [7, 11) is 0. The first-order valence-corrected chi connectivity index (χ1v) is 8.35. The molecule has 2 nitrogen and oxygen atoms in total. The smallest absolute Gasteiger partial charge is 0.0922 e. The zero-order valence-electron chi connectivity index (χ0n) is 13.4. The Bertz CT molecular complexity index is 536. The Morgan fingerprint density at radius 3 is 2.76 bits per heavy atom. The SMILES string of the molecule is Cc1ccccc1CO[C@H]1C[C@@]2(C)[C@H]3CC[C@@H]2O[C@@]1(C)C3. The minimum Gasteiger partial charge on any atom is -0.371 e. The Labute approximate surface area is 127 Å². The second-order valence-electron chi connectivity index (χ2n) is 7.83. The molecule has 5 rings (SSSR count). The van der Waals surface area contributed by atoms with Crippen molar-refractivity contribution in [3.8, 4) is 0 Å². The summed E-state index contributed by atoms with van der Waals surface area (Å²) in [5.74, 6) is 0.847. The van der Waals surface area contributed by atoms with Crippen LogP contribution in [0.2, 0.25) is 0 Å². The first kappa shape index (κ1) is 13.8. The molecule has 114 valence electrons. The fourth-order valence-corrected chi connectivity index (χ4v) is 4.98. The third-order valence-corrected chi connectivity index (χ3v) is 6.52. The number of hydrogen-bond donors (Lipinski definition) is 0. The monoisotopic (exact) mass is 286 g/mol. The van der Waals surface area contributed by atoms with E-state index in [1.807, 2.05) is 0 Å². The first-order valence-electron chi connectivity index (χ1n) is 8.35. The molecule has 4 aliphatic rings. The standard InChI is InChI=1S/C19H26O2/c1-13-6-4-5-7-14(13)12-20-17-11-18(2)15-8-9-16(18)21-19(17,3)10-15/h4-7,15-17H,8-12H2,1-3H3/t15-,16-,17-,18-,19-/m0/s1. The van der Waals surface area contributed by atoms with E-state index in [9.17, 15) is 0 Å². The minimum absolute atomic E-state index is 0.0632. The maximum absolute atomic E-state index is 6.47. The van der Waals surface area contributed by atoms with Crippen molar-refractivity contribution in [2.75, 3.05) is 0 Å². The Morgan fingerprint density at radius 1 is 1.19 bits per heavy atom. The summed E-state index contributed by atoms with van der Waals surface area (Å²) < 4.78 is 12.8. The molecule has 0 N–H and O–H groups in total. The average molecular weight is 286 g/mol. The van der Waals surface area contributed by atoms with Crippen LogP contribution in [0.25, 0.3) is 0 Å². The van der Waals surface area contributed by atoms with Gasteiger partial charge in [0.25, 0.3) is 0 Å². The van der Waals surface area contributed by atoms with Gasteiger partial charge in [-0.25, -0.2) is 0 Å². The van der Waals surface area contributed by atoms with Gasteiger partial charge < -0.3 is 9.47 Å². The summed E-state index contributed by atoms with van der Waals surface area (Å²) in [5, 5.41) is 0. The van der Waals surface area contributed by atoms with Crippen molar-refractivity contribution in [3.05, 3.63) is 35.4 Å². The Hall–Kier alpha value is -0.860. The quantitative estimate of drug-likeness (QED) is 0.827. The molecule has 2 saturated carbocycles. The summed E-state index contributed by atoms with van der Waals surface area (Å²) in [6, 6.07) is 8.51. The maximum atomic E-state index is 6.47. The molecule has 0 radical (unpaired) electrons. The van der Waals surface area contributed by atoms with E-state index in [1.54, 1.807) is 0 Å². The molecule has 4 fully saturated rings.